The van der Waals surface area contributed by atoms with Gasteiger partial charge in [0.25, 0.3) is 0 Å². The predicted molar refractivity (Wildman–Crippen MR) is 73.3 cm³/mol. The number of anilines is 1. The maximum absolute atomic E-state index is 12.2. The normalized spacial score (nSPS) is 12.0. The minimum absolute atomic E-state index is 0.233. The van der Waals surface area contributed by atoms with Crippen LogP contribution in [0.5, 0.6) is 0 Å². The Morgan fingerprint density at radius 1 is 1.41 bits per heavy atom. The summed E-state index contributed by atoms with van der Waals surface area (Å²) < 4.78 is 26.4. The highest BCUT2D eigenvalue weighted by molar-refractivity contribution is 9.10. The fourth-order valence-corrected chi connectivity index (χ4v) is 2.86. The standard InChI is InChI=1S/C11H17BrN2O2S/c1-3-4-7-14(2)17(15,16)9-5-6-10(12)11(13)8-9/h5-6,8H,3-4,7,13H2,1-2H3. The Labute approximate surface area is 111 Å². The van der Waals surface area contributed by atoms with Crippen molar-refractivity contribution in [2.75, 3.05) is 19.3 Å². The number of rotatable bonds is 5. The van der Waals surface area contributed by atoms with E-state index in [9.17, 15) is 8.42 Å². The molecule has 0 heterocycles. The van der Waals surface area contributed by atoms with Crippen molar-refractivity contribution < 1.29 is 8.42 Å². The van der Waals surface area contributed by atoms with Crippen LogP contribution in [0.25, 0.3) is 0 Å². The largest absolute Gasteiger partial charge is 0.398 e. The summed E-state index contributed by atoms with van der Waals surface area (Å²) in [5.74, 6) is 0. The molecule has 1 aromatic rings. The average Bonchev–Trinajstić information content (AvgIpc) is 2.29. The van der Waals surface area contributed by atoms with E-state index in [2.05, 4.69) is 15.9 Å². The molecule has 0 saturated carbocycles. The van der Waals surface area contributed by atoms with Crippen LogP contribution in [0.15, 0.2) is 27.6 Å². The molecule has 0 fully saturated rings. The highest BCUT2D eigenvalue weighted by Crippen LogP contribution is 2.24. The molecule has 0 amide bonds. The summed E-state index contributed by atoms with van der Waals surface area (Å²) in [4.78, 5) is 0.233. The van der Waals surface area contributed by atoms with Gasteiger partial charge in [-0.05, 0) is 40.5 Å². The van der Waals surface area contributed by atoms with E-state index in [-0.39, 0.29) is 4.90 Å². The summed E-state index contributed by atoms with van der Waals surface area (Å²) in [6.45, 7) is 2.55. The zero-order valence-corrected chi connectivity index (χ0v) is 12.4. The zero-order valence-electron chi connectivity index (χ0n) is 9.98. The fourth-order valence-electron chi connectivity index (χ4n) is 1.36. The molecule has 0 aliphatic heterocycles. The second-order valence-corrected chi connectivity index (χ2v) is 6.76. The van der Waals surface area contributed by atoms with E-state index in [1.165, 1.54) is 10.4 Å². The first kappa shape index (κ1) is 14.5. The van der Waals surface area contributed by atoms with E-state index in [1.54, 1.807) is 19.2 Å². The molecule has 0 unspecified atom stereocenters. The second-order valence-electron chi connectivity index (χ2n) is 3.86. The minimum atomic E-state index is -3.42. The summed E-state index contributed by atoms with van der Waals surface area (Å²) in [5.41, 5.74) is 6.11. The van der Waals surface area contributed by atoms with Crippen molar-refractivity contribution in [3.8, 4) is 0 Å². The lowest BCUT2D eigenvalue weighted by Gasteiger charge is -2.17. The molecular weight excluding hydrogens is 304 g/mol. The Morgan fingerprint density at radius 2 is 2.06 bits per heavy atom. The third kappa shape index (κ3) is 3.43. The van der Waals surface area contributed by atoms with Crippen LogP contribution in [0.3, 0.4) is 0 Å². The highest BCUT2D eigenvalue weighted by Gasteiger charge is 2.20. The third-order valence-corrected chi connectivity index (χ3v) is 5.08. The molecule has 0 aliphatic rings. The van der Waals surface area contributed by atoms with Gasteiger partial charge in [-0.25, -0.2) is 12.7 Å². The van der Waals surface area contributed by atoms with E-state index in [0.29, 0.717) is 16.7 Å². The predicted octanol–water partition coefficient (Wildman–Crippen LogP) is 2.45. The second kappa shape index (κ2) is 5.84. The van der Waals surface area contributed by atoms with Gasteiger partial charge in [-0.3, -0.25) is 0 Å². The molecule has 17 heavy (non-hydrogen) atoms. The van der Waals surface area contributed by atoms with Gasteiger partial charge in [0, 0.05) is 23.8 Å². The zero-order chi connectivity index (χ0) is 13.1. The van der Waals surface area contributed by atoms with Gasteiger partial charge in [-0.1, -0.05) is 13.3 Å². The first-order chi connectivity index (χ1) is 7.89. The number of hydrogen-bond acceptors (Lipinski definition) is 3. The van der Waals surface area contributed by atoms with Crippen LogP contribution in [-0.2, 0) is 10.0 Å². The molecule has 1 rings (SSSR count). The molecule has 0 aromatic heterocycles. The van der Waals surface area contributed by atoms with E-state index in [4.69, 9.17) is 5.73 Å². The van der Waals surface area contributed by atoms with E-state index >= 15 is 0 Å². The number of nitrogens with zero attached hydrogens (tertiary/aromatic N) is 1. The quantitative estimate of drug-likeness (QED) is 0.847. The van der Waals surface area contributed by atoms with Crippen molar-refractivity contribution in [2.24, 2.45) is 0 Å². The minimum Gasteiger partial charge on any atom is -0.398 e. The first-order valence-corrected chi connectivity index (χ1v) is 7.64. The van der Waals surface area contributed by atoms with Crippen LogP contribution < -0.4 is 5.73 Å². The van der Waals surface area contributed by atoms with E-state index in [0.717, 1.165) is 12.8 Å². The molecule has 6 heteroatoms. The number of nitrogens with two attached hydrogens (primary N) is 1. The van der Waals surface area contributed by atoms with E-state index < -0.39 is 10.0 Å². The number of nitrogen functional groups attached to an aromatic ring is 1. The average molecular weight is 321 g/mol. The molecule has 0 atom stereocenters. The molecule has 0 spiro atoms. The highest BCUT2D eigenvalue weighted by atomic mass is 79.9. The molecule has 1 aromatic carbocycles. The number of halogens is 1. The van der Waals surface area contributed by atoms with Crippen LogP contribution in [0.1, 0.15) is 19.8 Å². The first-order valence-electron chi connectivity index (χ1n) is 5.41. The number of unbranched alkanes of at least 4 members (excludes halogenated alkanes) is 1. The Morgan fingerprint density at radius 3 is 2.59 bits per heavy atom. The number of sulfonamides is 1. The summed E-state index contributed by atoms with van der Waals surface area (Å²) in [7, 11) is -1.83. The topological polar surface area (TPSA) is 63.4 Å². The van der Waals surface area contributed by atoms with Crippen molar-refractivity contribution in [2.45, 2.75) is 24.7 Å². The molecule has 0 aliphatic carbocycles. The van der Waals surface area contributed by atoms with Crippen molar-refractivity contribution in [1.82, 2.24) is 4.31 Å². The monoisotopic (exact) mass is 320 g/mol. The maximum atomic E-state index is 12.2. The van der Waals surface area contributed by atoms with Crippen LogP contribution in [0, 0.1) is 0 Å². The molecular formula is C11H17BrN2O2S. The SMILES string of the molecule is CCCCN(C)S(=O)(=O)c1ccc(Br)c(N)c1. The molecule has 0 bridgehead atoms. The fraction of sp³-hybridized carbons (Fsp3) is 0.455. The summed E-state index contributed by atoms with van der Waals surface area (Å²) in [6, 6.07) is 4.68. The van der Waals surface area contributed by atoms with Crippen molar-refractivity contribution >= 4 is 31.6 Å². The van der Waals surface area contributed by atoms with Gasteiger partial charge in [-0.15, -0.1) is 0 Å². The summed E-state index contributed by atoms with van der Waals surface area (Å²) in [5, 5.41) is 0. The van der Waals surface area contributed by atoms with Crippen LogP contribution >= 0.6 is 15.9 Å². The lowest BCUT2D eigenvalue weighted by Crippen LogP contribution is -2.28. The summed E-state index contributed by atoms with van der Waals surface area (Å²) >= 11 is 3.24. The molecule has 2 N–H and O–H groups in total. The lowest BCUT2D eigenvalue weighted by atomic mass is 10.3. The summed E-state index contributed by atoms with van der Waals surface area (Å²) in [6.07, 6.45) is 1.81. The molecule has 4 nitrogen and oxygen atoms in total. The maximum Gasteiger partial charge on any atom is 0.242 e. The Bertz CT molecular complexity index is 488. The van der Waals surface area contributed by atoms with Crippen LogP contribution in [-0.4, -0.2) is 26.3 Å². The molecule has 96 valence electrons. The van der Waals surface area contributed by atoms with Gasteiger partial charge in [0.05, 0.1) is 4.90 Å². The van der Waals surface area contributed by atoms with Crippen LogP contribution in [0.4, 0.5) is 5.69 Å². The smallest absolute Gasteiger partial charge is 0.242 e. The Balaban J connectivity index is 3.00. The Hall–Kier alpha value is -0.590. The van der Waals surface area contributed by atoms with Crippen molar-refractivity contribution in [1.29, 1.82) is 0 Å². The van der Waals surface area contributed by atoms with Crippen LogP contribution in [0.2, 0.25) is 0 Å². The lowest BCUT2D eigenvalue weighted by molar-refractivity contribution is 0.459. The third-order valence-electron chi connectivity index (χ3n) is 2.50. The van der Waals surface area contributed by atoms with Gasteiger partial charge in [0.15, 0.2) is 0 Å². The number of benzene rings is 1. The van der Waals surface area contributed by atoms with E-state index in [1.807, 2.05) is 6.92 Å². The van der Waals surface area contributed by atoms with Gasteiger partial charge < -0.3 is 5.73 Å². The van der Waals surface area contributed by atoms with Crippen molar-refractivity contribution in [3.63, 3.8) is 0 Å². The Kier molecular flexibility index (Phi) is 4.97. The van der Waals surface area contributed by atoms with Gasteiger partial charge in [-0.2, -0.15) is 0 Å². The van der Waals surface area contributed by atoms with Gasteiger partial charge >= 0.3 is 0 Å². The van der Waals surface area contributed by atoms with Gasteiger partial charge in [0.2, 0.25) is 10.0 Å². The van der Waals surface area contributed by atoms with Crippen molar-refractivity contribution in [3.05, 3.63) is 22.7 Å². The van der Waals surface area contributed by atoms with Gasteiger partial charge in [0.1, 0.15) is 0 Å². The molecule has 0 radical (unpaired) electrons. The number of hydrogen-bond donors (Lipinski definition) is 1. The molecule has 0 saturated heterocycles.